The van der Waals surface area contributed by atoms with Crippen LogP contribution in [0.25, 0.3) is 0 Å². The molecule has 0 aromatic carbocycles. The normalized spacial score (nSPS) is 10.6. The molecule has 0 aliphatic heterocycles. The molecule has 0 saturated carbocycles. The van der Waals surface area contributed by atoms with Crippen molar-refractivity contribution in [3.05, 3.63) is 11.3 Å². The highest BCUT2D eigenvalue weighted by atomic mass is 15.1. The van der Waals surface area contributed by atoms with Crippen molar-refractivity contribution in [3.8, 4) is 0 Å². The Balaban J connectivity index is 2.65. The summed E-state index contributed by atoms with van der Waals surface area (Å²) in [5.74, 6) is 1.24. The maximum Gasteiger partial charge on any atom is 0.224 e. The lowest BCUT2D eigenvalue weighted by Crippen LogP contribution is -2.11. The maximum atomic E-state index is 5.99. The van der Waals surface area contributed by atoms with Crippen molar-refractivity contribution in [2.24, 2.45) is 5.73 Å². The van der Waals surface area contributed by atoms with Gasteiger partial charge in [0.15, 0.2) is 0 Å². The van der Waals surface area contributed by atoms with E-state index in [1.807, 2.05) is 6.92 Å². The monoisotopic (exact) mass is 251 g/mol. The van der Waals surface area contributed by atoms with Crippen LogP contribution in [0.1, 0.15) is 43.9 Å². The fraction of sp³-hybridized carbons (Fsp3) is 0.692. The topological polar surface area (TPSA) is 89.8 Å². The molecule has 5 nitrogen and oxygen atoms in total. The van der Waals surface area contributed by atoms with Crippen molar-refractivity contribution in [1.82, 2.24) is 9.97 Å². The van der Waals surface area contributed by atoms with Gasteiger partial charge in [0.2, 0.25) is 5.95 Å². The van der Waals surface area contributed by atoms with Gasteiger partial charge in [0.1, 0.15) is 5.82 Å². The molecule has 0 bridgehead atoms. The molecule has 18 heavy (non-hydrogen) atoms. The first-order valence-corrected chi connectivity index (χ1v) is 6.76. The van der Waals surface area contributed by atoms with Crippen molar-refractivity contribution in [2.45, 2.75) is 46.0 Å². The number of nitrogen functional groups attached to an aromatic ring is 1. The van der Waals surface area contributed by atoms with Gasteiger partial charge in [0.05, 0.1) is 0 Å². The number of aromatic nitrogens is 2. The van der Waals surface area contributed by atoms with Gasteiger partial charge in [-0.2, -0.15) is 4.98 Å². The van der Waals surface area contributed by atoms with E-state index in [0.717, 1.165) is 56.5 Å². The fourth-order valence-corrected chi connectivity index (χ4v) is 1.83. The van der Waals surface area contributed by atoms with Crippen LogP contribution in [0.15, 0.2) is 0 Å². The van der Waals surface area contributed by atoms with Crippen LogP contribution in [0.3, 0.4) is 0 Å². The molecule has 0 atom stereocenters. The van der Waals surface area contributed by atoms with E-state index in [0.29, 0.717) is 11.8 Å². The third-order valence-corrected chi connectivity index (χ3v) is 2.94. The second-order valence-electron chi connectivity index (χ2n) is 4.52. The summed E-state index contributed by atoms with van der Waals surface area (Å²) in [4.78, 5) is 8.76. The van der Waals surface area contributed by atoms with Gasteiger partial charge < -0.3 is 16.8 Å². The fourth-order valence-electron chi connectivity index (χ4n) is 1.83. The number of nitrogens with one attached hydrogen (secondary N) is 1. The molecule has 5 N–H and O–H groups in total. The van der Waals surface area contributed by atoms with Crippen LogP contribution in [0.2, 0.25) is 0 Å². The van der Waals surface area contributed by atoms with Crippen molar-refractivity contribution in [1.29, 1.82) is 0 Å². The predicted octanol–water partition coefficient (Wildman–Crippen LogP) is 1.86. The average molecular weight is 251 g/mol. The summed E-state index contributed by atoms with van der Waals surface area (Å²) in [6.45, 7) is 5.75. The van der Waals surface area contributed by atoms with Gasteiger partial charge in [-0.05, 0) is 39.2 Å². The van der Waals surface area contributed by atoms with Crippen LogP contribution in [0.5, 0.6) is 0 Å². The number of hydrogen-bond donors (Lipinski definition) is 3. The van der Waals surface area contributed by atoms with Gasteiger partial charge in [-0.25, -0.2) is 4.98 Å². The summed E-state index contributed by atoms with van der Waals surface area (Å²) in [6, 6.07) is 0. The maximum absolute atomic E-state index is 5.99. The molecule has 0 unspecified atom stereocenters. The van der Waals surface area contributed by atoms with Gasteiger partial charge in [-0.3, -0.25) is 0 Å². The SMILES string of the molecule is CCCCNc1nc(C)c(CCCCN)c(N)n1. The van der Waals surface area contributed by atoms with E-state index in [2.05, 4.69) is 22.2 Å². The number of hydrogen-bond acceptors (Lipinski definition) is 5. The summed E-state index contributed by atoms with van der Waals surface area (Å²) in [6.07, 6.45) is 5.21. The van der Waals surface area contributed by atoms with Gasteiger partial charge >= 0.3 is 0 Å². The molecular formula is C13H25N5. The van der Waals surface area contributed by atoms with E-state index >= 15 is 0 Å². The van der Waals surface area contributed by atoms with Gasteiger partial charge in [0, 0.05) is 17.8 Å². The van der Waals surface area contributed by atoms with Crippen molar-refractivity contribution < 1.29 is 0 Å². The van der Waals surface area contributed by atoms with E-state index in [9.17, 15) is 0 Å². The van der Waals surface area contributed by atoms with Crippen LogP contribution in [-0.4, -0.2) is 23.1 Å². The number of unbranched alkanes of at least 4 members (excludes halogenated alkanes) is 2. The molecule has 0 spiro atoms. The highest BCUT2D eigenvalue weighted by Gasteiger charge is 2.08. The first-order valence-electron chi connectivity index (χ1n) is 6.76. The van der Waals surface area contributed by atoms with E-state index in [1.165, 1.54) is 0 Å². The molecule has 0 aliphatic rings. The Labute approximate surface area is 109 Å². The minimum absolute atomic E-state index is 0.596. The van der Waals surface area contributed by atoms with E-state index in [-0.39, 0.29) is 0 Å². The largest absolute Gasteiger partial charge is 0.383 e. The quantitative estimate of drug-likeness (QED) is 0.614. The molecule has 1 heterocycles. The summed E-state index contributed by atoms with van der Waals surface area (Å²) >= 11 is 0. The molecule has 1 rings (SSSR count). The molecule has 102 valence electrons. The smallest absolute Gasteiger partial charge is 0.224 e. The number of nitrogens with two attached hydrogens (primary N) is 2. The Morgan fingerprint density at radius 3 is 2.56 bits per heavy atom. The van der Waals surface area contributed by atoms with E-state index in [4.69, 9.17) is 11.5 Å². The van der Waals surface area contributed by atoms with Gasteiger partial charge in [-0.15, -0.1) is 0 Å². The number of anilines is 2. The predicted molar refractivity (Wildman–Crippen MR) is 76.6 cm³/mol. The van der Waals surface area contributed by atoms with Gasteiger partial charge in [0.25, 0.3) is 0 Å². The Hall–Kier alpha value is -1.36. The third kappa shape index (κ3) is 4.49. The second-order valence-corrected chi connectivity index (χ2v) is 4.52. The number of aryl methyl sites for hydroxylation is 1. The molecule has 5 heteroatoms. The van der Waals surface area contributed by atoms with Crippen molar-refractivity contribution in [3.63, 3.8) is 0 Å². The first-order chi connectivity index (χ1) is 8.69. The van der Waals surface area contributed by atoms with Crippen LogP contribution in [-0.2, 0) is 6.42 Å². The Kier molecular flexibility index (Phi) is 6.43. The summed E-state index contributed by atoms with van der Waals surface area (Å²) in [5.41, 5.74) is 13.5. The highest BCUT2D eigenvalue weighted by Crippen LogP contribution is 2.17. The second kappa shape index (κ2) is 7.87. The molecule has 0 fully saturated rings. The Morgan fingerprint density at radius 1 is 1.17 bits per heavy atom. The molecule has 1 aromatic rings. The van der Waals surface area contributed by atoms with Crippen LogP contribution < -0.4 is 16.8 Å². The molecule has 0 radical (unpaired) electrons. The van der Waals surface area contributed by atoms with Gasteiger partial charge in [-0.1, -0.05) is 13.3 Å². The highest BCUT2D eigenvalue weighted by molar-refractivity contribution is 5.46. The molecule has 0 aliphatic carbocycles. The third-order valence-electron chi connectivity index (χ3n) is 2.94. The van der Waals surface area contributed by atoms with Crippen LogP contribution in [0, 0.1) is 6.92 Å². The molecule has 0 saturated heterocycles. The zero-order valence-corrected chi connectivity index (χ0v) is 11.5. The minimum Gasteiger partial charge on any atom is -0.383 e. The Morgan fingerprint density at radius 2 is 1.94 bits per heavy atom. The van der Waals surface area contributed by atoms with Crippen LogP contribution >= 0.6 is 0 Å². The number of rotatable bonds is 8. The summed E-state index contributed by atoms with van der Waals surface area (Å²) in [7, 11) is 0. The van der Waals surface area contributed by atoms with Crippen LogP contribution in [0.4, 0.5) is 11.8 Å². The molecular weight excluding hydrogens is 226 g/mol. The standard InChI is InChI=1S/C13H25N5/c1-3-4-9-16-13-17-10(2)11(12(15)18-13)7-5-6-8-14/h3-9,14H2,1-2H3,(H3,15,16,17,18). The summed E-state index contributed by atoms with van der Waals surface area (Å²) < 4.78 is 0. The van der Waals surface area contributed by atoms with Crippen molar-refractivity contribution in [2.75, 3.05) is 24.1 Å². The molecule has 0 amide bonds. The zero-order chi connectivity index (χ0) is 13.4. The first kappa shape index (κ1) is 14.7. The lowest BCUT2D eigenvalue weighted by molar-refractivity contribution is 0.737. The Bertz CT molecular complexity index is 341. The zero-order valence-electron chi connectivity index (χ0n) is 11.5. The average Bonchev–Trinajstić information content (AvgIpc) is 2.33. The van der Waals surface area contributed by atoms with Crippen molar-refractivity contribution >= 4 is 11.8 Å². The van der Waals surface area contributed by atoms with E-state index < -0.39 is 0 Å². The number of nitrogens with zero attached hydrogens (tertiary/aromatic N) is 2. The lowest BCUT2D eigenvalue weighted by Gasteiger charge is -2.11. The van der Waals surface area contributed by atoms with E-state index in [1.54, 1.807) is 0 Å². The molecule has 1 aromatic heterocycles. The lowest BCUT2D eigenvalue weighted by atomic mass is 10.1. The summed E-state index contributed by atoms with van der Waals surface area (Å²) in [5, 5.41) is 3.20. The minimum atomic E-state index is 0.596.